The Kier molecular flexibility index (Phi) is 4.44. The van der Waals surface area contributed by atoms with Gasteiger partial charge in [0.15, 0.2) is 0 Å². The van der Waals surface area contributed by atoms with E-state index in [9.17, 15) is 9.90 Å². The molecule has 1 aromatic carbocycles. The fourth-order valence-corrected chi connectivity index (χ4v) is 3.45. The second-order valence-electron chi connectivity index (χ2n) is 6.85. The summed E-state index contributed by atoms with van der Waals surface area (Å²) in [6.07, 6.45) is 1.64. The van der Waals surface area contributed by atoms with Crippen LogP contribution in [0.3, 0.4) is 0 Å². The van der Waals surface area contributed by atoms with E-state index in [2.05, 4.69) is 16.9 Å². The van der Waals surface area contributed by atoms with Crippen molar-refractivity contribution < 1.29 is 14.4 Å². The van der Waals surface area contributed by atoms with Crippen LogP contribution in [0, 0.1) is 0 Å². The third kappa shape index (κ3) is 3.21. The first kappa shape index (κ1) is 16.8. The van der Waals surface area contributed by atoms with E-state index in [0.29, 0.717) is 28.9 Å². The molecule has 0 spiro atoms. The van der Waals surface area contributed by atoms with Crippen molar-refractivity contribution >= 4 is 11.0 Å². The highest BCUT2D eigenvalue weighted by Crippen LogP contribution is 2.26. The quantitative estimate of drug-likeness (QED) is 0.685. The average Bonchev–Trinajstić information content (AvgIpc) is 2.66. The van der Waals surface area contributed by atoms with Crippen LogP contribution in [0.2, 0.25) is 0 Å². The van der Waals surface area contributed by atoms with E-state index in [1.165, 1.54) is 4.90 Å². The monoisotopic (exact) mass is 351 g/mol. The van der Waals surface area contributed by atoms with Crippen molar-refractivity contribution in [1.29, 1.82) is 0 Å². The summed E-state index contributed by atoms with van der Waals surface area (Å²) in [5.41, 5.74) is 1.52. The molecule has 1 fully saturated rings. The molecule has 2 aromatic heterocycles. The maximum absolute atomic E-state index is 12.5. The maximum Gasteiger partial charge on any atom is 0.345 e. The summed E-state index contributed by atoms with van der Waals surface area (Å²) in [5.74, 6) is -0.0716. The molecule has 0 unspecified atom stereocenters. The number of benzene rings is 1. The molecule has 0 aliphatic carbocycles. The summed E-state index contributed by atoms with van der Waals surface area (Å²) in [6.45, 7) is 4.53. The highest BCUT2D eigenvalue weighted by atomic mass is 16.4. The van der Waals surface area contributed by atoms with Gasteiger partial charge in [-0.1, -0.05) is 23.9 Å². The van der Waals surface area contributed by atoms with Crippen molar-refractivity contribution in [1.82, 2.24) is 9.88 Å². The molecule has 0 radical (unpaired) electrons. The van der Waals surface area contributed by atoms with Crippen LogP contribution in [0.15, 0.2) is 51.8 Å². The number of likely N-dealkylation sites (N-methyl/N-ethyl adjacent to an activating group) is 1. The van der Waals surface area contributed by atoms with E-state index in [1.54, 1.807) is 36.5 Å². The lowest BCUT2D eigenvalue weighted by Crippen LogP contribution is -3.13. The predicted octanol–water partition coefficient (Wildman–Crippen LogP) is 0.259. The smallest absolute Gasteiger partial charge is 0.345 e. The van der Waals surface area contributed by atoms with Gasteiger partial charge in [0.05, 0.1) is 24.3 Å². The normalized spacial score (nSPS) is 16.2. The molecule has 0 saturated carbocycles. The average molecular weight is 351 g/mol. The largest absolute Gasteiger partial charge is 0.872 e. The molecule has 1 saturated heterocycles. The Bertz CT molecular complexity index is 977. The van der Waals surface area contributed by atoms with Gasteiger partial charge in [0.2, 0.25) is 0 Å². The fraction of sp³-hybridized carbons (Fsp3) is 0.300. The van der Waals surface area contributed by atoms with Crippen LogP contribution in [0.1, 0.15) is 5.56 Å². The fourth-order valence-electron chi connectivity index (χ4n) is 3.45. The third-order valence-corrected chi connectivity index (χ3v) is 5.02. The van der Waals surface area contributed by atoms with Crippen molar-refractivity contribution in [3.8, 4) is 17.0 Å². The third-order valence-electron chi connectivity index (χ3n) is 5.02. The topological polar surface area (TPSA) is 73.8 Å². The lowest BCUT2D eigenvalue weighted by molar-refractivity contribution is -0.918. The number of piperazine rings is 1. The first-order chi connectivity index (χ1) is 12.6. The number of nitrogens with one attached hydrogen (secondary N) is 1. The van der Waals surface area contributed by atoms with Gasteiger partial charge >= 0.3 is 5.63 Å². The predicted molar refractivity (Wildman–Crippen MR) is 97.1 cm³/mol. The van der Waals surface area contributed by atoms with Crippen LogP contribution in [-0.2, 0) is 6.54 Å². The first-order valence-electron chi connectivity index (χ1n) is 8.82. The molecule has 3 heterocycles. The maximum atomic E-state index is 12.5. The molecular weight excluding hydrogens is 330 g/mol. The zero-order chi connectivity index (χ0) is 18.1. The molecule has 6 nitrogen and oxygen atoms in total. The first-order valence-corrected chi connectivity index (χ1v) is 8.82. The number of pyridine rings is 1. The van der Waals surface area contributed by atoms with Crippen LogP contribution in [-0.4, -0.2) is 43.1 Å². The summed E-state index contributed by atoms with van der Waals surface area (Å²) >= 11 is 0. The second-order valence-corrected chi connectivity index (χ2v) is 6.85. The Hall–Kier alpha value is -2.70. The summed E-state index contributed by atoms with van der Waals surface area (Å²) in [5, 5.41) is 13.2. The van der Waals surface area contributed by atoms with Crippen LogP contribution >= 0.6 is 0 Å². The Balaban J connectivity index is 1.75. The minimum atomic E-state index is -0.462. The molecular formula is C20H21N3O3. The van der Waals surface area contributed by atoms with Crippen molar-refractivity contribution in [2.24, 2.45) is 0 Å². The number of hydrogen-bond donors (Lipinski definition) is 1. The van der Waals surface area contributed by atoms with Gasteiger partial charge in [-0.15, -0.1) is 0 Å². The van der Waals surface area contributed by atoms with Crippen molar-refractivity contribution in [3.05, 3.63) is 58.6 Å². The van der Waals surface area contributed by atoms with Gasteiger partial charge in [-0.25, -0.2) is 4.79 Å². The molecule has 0 amide bonds. The minimum Gasteiger partial charge on any atom is -0.872 e. The number of aromatic nitrogens is 1. The summed E-state index contributed by atoms with van der Waals surface area (Å²) in [7, 11) is 2.10. The van der Waals surface area contributed by atoms with Crippen molar-refractivity contribution in [2.75, 3.05) is 33.2 Å². The van der Waals surface area contributed by atoms with Crippen LogP contribution in [0.25, 0.3) is 22.2 Å². The Morgan fingerprint density at radius 1 is 1.23 bits per heavy atom. The van der Waals surface area contributed by atoms with Gasteiger partial charge in [0.25, 0.3) is 0 Å². The number of hydrogen-bond acceptors (Lipinski definition) is 5. The molecule has 4 rings (SSSR count). The van der Waals surface area contributed by atoms with E-state index in [0.717, 1.165) is 31.6 Å². The van der Waals surface area contributed by atoms with Gasteiger partial charge in [-0.3, -0.25) is 9.88 Å². The van der Waals surface area contributed by atoms with Gasteiger partial charge < -0.3 is 14.4 Å². The van der Waals surface area contributed by atoms with E-state index >= 15 is 0 Å². The van der Waals surface area contributed by atoms with Gasteiger partial charge in [-0.05, 0) is 25.2 Å². The zero-order valence-electron chi connectivity index (χ0n) is 14.7. The van der Waals surface area contributed by atoms with Gasteiger partial charge in [0, 0.05) is 30.2 Å². The molecule has 134 valence electrons. The number of quaternary nitrogens is 1. The zero-order valence-corrected chi connectivity index (χ0v) is 14.7. The summed E-state index contributed by atoms with van der Waals surface area (Å²) < 4.78 is 5.60. The van der Waals surface area contributed by atoms with E-state index in [4.69, 9.17) is 4.42 Å². The summed E-state index contributed by atoms with van der Waals surface area (Å²) in [4.78, 5) is 20.4. The summed E-state index contributed by atoms with van der Waals surface area (Å²) in [6, 6.07) is 10.5. The van der Waals surface area contributed by atoms with Crippen LogP contribution in [0.5, 0.6) is 5.75 Å². The number of rotatable bonds is 3. The molecule has 0 atom stereocenters. The van der Waals surface area contributed by atoms with E-state index < -0.39 is 5.63 Å². The lowest BCUT2D eigenvalue weighted by Gasteiger charge is -2.30. The van der Waals surface area contributed by atoms with Gasteiger partial charge in [-0.2, -0.15) is 0 Å². The lowest BCUT2D eigenvalue weighted by atomic mass is 10.1. The molecule has 1 N–H and O–H groups in total. The van der Waals surface area contributed by atoms with E-state index in [-0.39, 0.29) is 5.75 Å². The second kappa shape index (κ2) is 6.90. The highest BCUT2D eigenvalue weighted by molar-refractivity contribution is 5.85. The van der Waals surface area contributed by atoms with E-state index in [1.807, 2.05) is 6.07 Å². The Morgan fingerprint density at radius 2 is 2.04 bits per heavy atom. The van der Waals surface area contributed by atoms with Crippen LogP contribution < -0.4 is 15.6 Å². The molecule has 26 heavy (non-hydrogen) atoms. The highest BCUT2D eigenvalue weighted by Gasteiger charge is 2.20. The minimum absolute atomic E-state index is 0.0716. The molecule has 1 aliphatic heterocycles. The number of fused-ring (bicyclic) bond motifs is 1. The standard InChI is InChI=1S/C20H21N3O3/c1-22-8-10-23(11-9-22)13-16-18(24)6-5-14-12-15(20(25)26-19(14)16)17-4-2-3-7-21-17/h2-7,12,24H,8-11,13H2,1H3. The SMILES string of the molecule is CN1CC[NH+](Cc2c([O-])ccc3cc(-c4ccccn4)c(=O)oc23)CC1. The van der Waals surface area contributed by atoms with Crippen molar-refractivity contribution in [3.63, 3.8) is 0 Å². The molecule has 0 bridgehead atoms. The van der Waals surface area contributed by atoms with Crippen molar-refractivity contribution in [2.45, 2.75) is 6.54 Å². The molecule has 1 aliphatic rings. The molecule has 3 aromatic rings. The Morgan fingerprint density at radius 3 is 2.77 bits per heavy atom. The van der Waals surface area contributed by atoms with Gasteiger partial charge in [0.1, 0.15) is 12.1 Å². The van der Waals surface area contributed by atoms with Crippen LogP contribution in [0.4, 0.5) is 0 Å². The number of nitrogens with zero attached hydrogens (tertiary/aromatic N) is 2. The Labute approximate surface area is 151 Å². The molecule has 6 heteroatoms.